The van der Waals surface area contributed by atoms with Crippen LogP contribution < -0.4 is 5.32 Å². The third-order valence-electron chi connectivity index (χ3n) is 2.43. The van der Waals surface area contributed by atoms with Gasteiger partial charge in [0.2, 0.25) is 15.4 Å². The van der Waals surface area contributed by atoms with Gasteiger partial charge in [-0.2, -0.15) is 4.31 Å². The predicted octanol–water partition coefficient (Wildman–Crippen LogP) is 0.712. The van der Waals surface area contributed by atoms with Gasteiger partial charge in [0.1, 0.15) is 0 Å². The first-order valence-corrected chi connectivity index (χ1v) is 8.12. The minimum absolute atomic E-state index is 0.123. The number of nitrogens with one attached hydrogen (secondary N) is 1. The quantitative estimate of drug-likeness (QED) is 0.811. The number of sulfonamides is 1. The summed E-state index contributed by atoms with van der Waals surface area (Å²) < 4.78 is 25.6. The van der Waals surface area contributed by atoms with Crippen LogP contribution in [0.3, 0.4) is 0 Å². The molecule has 2 aromatic rings. The topological polar surface area (TPSA) is 105 Å². The summed E-state index contributed by atoms with van der Waals surface area (Å²) in [6.45, 7) is 1.43. The molecule has 8 nitrogen and oxygen atoms in total. The molecule has 0 aliphatic heterocycles. The lowest BCUT2D eigenvalue weighted by molar-refractivity contribution is -0.114. The molecule has 112 valence electrons. The maximum Gasteiger partial charge on any atom is 0.272 e. The molecular weight excluding hydrogens is 314 g/mol. The molecule has 0 saturated heterocycles. The van der Waals surface area contributed by atoms with Crippen molar-refractivity contribution in [2.24, 2.45) is 0 Å². The zero-order chi connectivity index (χ0) is 15.5. The van der Waals surface area contributed by atoms with Crippen LogP contribution in [-0.2, 0) is 21.4 Å². The predicted molar refractivity (Wildman–Crippen MR) is 77.1 cm³/mol. The van der Waals surface area contributed by atoms with Crippen LogP contribution >= 0.6 is 11.3 Å². The highest BCUT2D eigenvalue weighted by molar-refractivity contribution is 7.91. The summed E-state index contributed by atoms with van der Waals surface area (Å²) in [6, 6.07) is 5.26. The van der Waals surface area contributed by atoms with Crippen molar-refractivity contribution < 1.29 is 13.2 Å². The molecule has 10 heteroatoms. The van der Waals surface area contributed by atoms with E-state index in [1.165, 1.54) is 14.0 Å². The van der Waals surface area contributed by atoms with Crippen molar-refractivity contribution in [2.45, 2.75) is 17.8 Å². The van der Waals surface area contributed by atoms with Crippen molar-refractivity contribution in [1.82, 2.24) is 19.5 Å². The smallest absolute Gasteiger partial charge is 0.272 e. The fourth-order valence-electron chi connectivity index (χ4n) is 1.45. The van der Waals surface area contributed by atoms with Gasteiger partial charge >= 0.3 is 0 Å². The Hall–Kier alpha value is -1.91. The lowest BCUT2D eigenvalue weighted by atomic mass is 10.3. The van der Waals surface area contributed by atoms with Gasteiger partial charge < -0.3 is 5.32 Å². The van der Waals surface area contributed by atoms with Crippen molar-refractivity contribution in [1.29, 1.82) is 0 Å². The molecule has 21 heavy (non-hydrogen) atoms. The van der Waals surface area contributed by atoms with Gasteiger partial charge in [0.15, 0.2) is 0 Å². The molecule has 0 fully saturated rings. The van der Waals surface area contributed by atoms with Crippen LogP contribution in [0.1, 0.15) is 12.6 Å². The molecule has 0 aliphatic carbocycles. The zero-order valence-corrected chi connectivity index (χ0v) is 13.0. The first-order chi connectivity index (χ1) is 9.89. The number of carbonyl (C=O) groups is 1. The average Bonchev–Trinajstić information content (AvgIpc) is 2.88. The molecule has 2 heterocycles. The number of carbonyl (C=O) groups excluding carboxylic acids is 1. The van der Waals surface area contributed by atoms with Crippen molar-refractivity contribution in [3.63, 3.8) is 0 Å². The number of hydrogen-bond acceptors (Lipinski definition) is 7. The van der Waals surface area contributed by atoms with Crippen molar-refractivity contribution >= 4 is 32.4 Å². The summed E-state index contributed by atoms with van der Waals surface area (Å²) >= 11 is 0.803. The SMILES string of the molecule is CC(=O)Nc1nnc(S(=O)(=O)N(C)Cc2ccccn2)s1. The Balaban J connectivity index is 2.17. The van der Waals surface area contributed by atoms with E-state index in [2.05, 4.69) is 20.5 Å². The van der Waals surface area contributed by atoms with E-state index in [1.807, 2.05) is 0 Å². The number of nitrogens with zero attached hydrogens (tertiary/aromatic N) is 4. The molecule has 0 atom stereocenters. The Labute approximate surface area is 125 Å². The van der Waals surface area contributed by atoms with Crippen molar-refractivity contribution in [3.8, 4) is 0 Å². The van der Waals surface area contributed by atoms with Crippen molar-refractivity contribution in [2.75, 3.05) is 12.4 Å². The molecule has 0 radical (unpaired) electrons. The van der Waals surface area contributed by atoms with E-state index in [0.29, 0.717) is 5.69 Å². The summed E-state index contributed by atoms with van der Waals surface area (Å²) in [6.07, 6.45) is 1.59. The van der Waals surface area contributed by atoms with Crippen LogP contribution in [0.15, 0.2) is 28.7 Å². The van der Waals surface area contributed by atoms with E-state index in [1.54, 1.807) is 24.4 Å². The number of pyridine rings is 1. The largest absolute Gasteiger partial charge is 0.301 e. The molecule has 2 rings (SSSR count). The van der Waals surface area contributed by atoms with Gasteiger partial charge in [0.25, 0.3) is 10.0 Å². The van der Waals surface area contributed by atoms with E-state index in [4.69, 9.17) is 0 Å². The van der Waals surface area contributed by atoms with Crippen LogP contribution in [0.4, 0.5) is 5.13 Å². The van der Waals surface area contributed by atoms with E-state index in [-0.39, 0.29) is 21.9 Å². The monoisotopic (exact) mass is 327 g/mol. The van der Waals surface area contributed by atoms with Crippen LogP contribution in [0.5, 0.6) is 0 Å². The lowest BCUT2D eigenvalue weighted by Gasteiger charge is -2.14. The molecule has 0 spiro atoms. The van der Waals surface area contributed by atoms with E-state index < -0.39 is 10.0 Å². The number of rotatable bonds is 5. The van der Waals surface area contributed by atoms with Gasteiger partial charge in [-0.15, -0.1) is 10.2 Å². The third kappa shape index (κ3) is 3.80. The minimum Gasteiger partial charge on any atom is -0.301 e. The van der Waals surface area contributed by atoms with Gasteiger partial charge in [-0.05, 0) is 12.1 Å². The lowest BCUT2D eigenvalue weighted by Crippen LogP contribution is -2.26. The highest BCUT2D eigenvalue weighted by atomic mass is 32.2. The normalized spacial score (nSPS) is 11.6. The molecule has 0 saturated carbocycles. The summed E-state index contributed by atoms with van der Waals surface area (Å²) in [7, 11) is -2.33. The summed E-state index contributed by atoms with van der Waals surface area (Å²) in [5, 5.41) is 9.78. The first kappa shape index (κ1) is 15.5. The molecular formula is C11H13N5O3S2. The molecule has 0 bridgehead atoms. The Morgan fingerprint density at radius 1 is 1.38 bits per heavy atom. The highest BCUT2D eigenvalue weighted by Crippen LogP contribution is 2.23. The van der Waals surface area contributed by atoms with E-state index >= 15 is 0 Å². The Bertz CT molecular complexity index is 729. The number of amides is 1. The zero-order valence-electron chi connectivity index (χ0n) is 11.3. The standard InChI is InChI=1S/C11H13N5O3S2/c1-8(17)13-10-14-15-11(20-10)21(18,19)16(2)7-9-5-3-4-6-12-9/h3-6H,7H2,1-2H3,(H,13,14,17). The average molecular weight is 327 g/mol. The fraction of sp³-hybridized carbons (Fsp3) is 0.273. The van der Waals surface area contributed by atoms with Crippen LogP contribution in [0.2, 0.25) is 0 Å². The van der Waals surface area contributed by atoms with Gasteiger partial charge in [-0.1, -0.05) is 17.4 Å². The summed E-state index contributed by atoms with van der Waals surface area (Å²) in [5.74, 6) is -0.336. The van der Waals surface area contributed by atoms with Gasteiger partial charge in [-0.3, -0.25) is 9.78 Å². The molecule has 2 aromatic heterocycles. The fourth-order valence-corrected chi connectivity index (χ4v) is 3.73. The maximum atomic E-state index is 12.3. The Morgan fingerprint density at radius 2 is 2.14 bits per heavy atom. The van der Waals surface area contributed by atoms with Crippen molar-refractivity contribution in [3.05, 3.63) is 30.1 Å². The molecule has 1 N–H and O–H groups in total. The van der Waals surface area contributed by atoms with Gasteiger partial charge in [0.05, 0.1) is 12.2 Å². The molecule has 0 aromatic carbocycles. The maximum absolute atomic E-state index is 12.3. The third-order valence-corrected chi connectivity index (χ3v) is 5.42. The van der Waals surface area contributed by atoms with Crippen LogP contribution in [-0.4, -0.2) is 40.9 Å². The Kier molecular flexibility index (Phi) is 4.60. The first-order valence-electron chi connectivity index (χ1n) is 5.87. The second-order valence-electron chi connectivity index (χ2n) is 4.14. The molecule has 0 unspecified atom stereocenters. The second-order valence-corrected chi connectivity index (χ2v) is 7.33. The number of anilines is 1. The van der Waals surface area contributed by atoms with Gasteiger partial charge in [0, 0.05) is 20.2 Å². The minimum atomic E-state index is -3.77. The molecule has 0 aliphatic rings. The van der Waals surface area contributed by atoms with E-state index in [0.717, 1.165) is 15.6 Å². The van der Waals surface area contributed by atoms with Gasteiger partial charge in [-0.25, -0.2) is 8.42 Å². The van der Waals surface area contributed by atoms with Crippen LogP contribution in [0.25, 0.3) is 0 Å². The number of aromatic nitrogens is 3. The molecule has 1 amide bonds. The van der Waals surface area contributed by atoms with Crippen LogP contribution in [0, 0.1) is 0 Å². The second kappa shape index (κ2) is 6.24. The summed E-state index contributed by atoms with van der Waals surface area (Å²) in [4.78, 5) is 15.0. The van der Waals surface area contributed by atoms with E-state index in [9.17, 15) is 13.2 Å². The summed E-state index contributed by atoms with van der Waals surface area (Å²) in [5.41, 5.74) is 0.621. The highest BCUT2D eigenvalue weighted by Gasteiger charge is 2.26. The number of hydrogen-bond donors (Lipinski definition) is 1. The Morgan fingerprint density at radius 3 is 2.76 bits per heavy atom.